The zero-order chi connectivity index (χ0) is 16.5. The average molecular weight is 308 g/mol. The Morgan fingerprint density at radius 3 is 2.32 bits per heavy atom. The molecule has 0 unspecified atom stereocenters. The Bertz CT molecular complexity index is 704. The number of nitrogens with one attached hydrogen (secondary N) is 1. The van der Waals surface area contributed by atoms with Crippen molar-refractivity contribution in [3.05, 3.63) is 29.5 Å². The Labute approximate surface area is 126 Å². The van der Waals surface area contributed by atoms with Crippen molar-refractivity contribution in [2.45, 2.75) is 19.5 Å². The monoisotopic (exact) mass is 308 g/mol. The molecule has 22 heavy (non-hydrogen) atoms. The molecule has 0 aliphatic rings. The Hall–Kier alpha value is -2.57. The summed E-state index contributed by atoms with van der Waals surface area (Å²) < 4.78 is 24.9. The third kappa shape index (κ3) is 2.88. The van der Waals surface area contributed by atoms with Gasteiger partial charge in [-0.3, -0.25) is 5.10 Å². The number of carbonyl (C=O) groups is 1. The van der Waals surface area contributed by atoms with Gasteiger partial charge in [0.25, 0.3) is 0 Å². The predicted octanol–water partition coefficient (Wildman–Crippen LogP) is 3.00. The summed E-state index contributed by atoms with van der Waals surface area (Å²) in [5, 5.41) is 15.3. The first-order valence-corrected chi connectivity index (χ1v) is 6.52. The molecule has 2 rings (SSSR count). The minimum atomic E-state index is -1.64. The number of nitrogens with zero attached hydrogens (tertiary/aromatic N) is 1. The number of rotatable bonds is 5. The summed E-state index contributed by atoms with van der Waals surface area (Å²) in [5.74, 6) is -0.368. The summed E-state index contributed by atoms with van der Waals surface area (Å²) in [6.07, 6.45) is 0. The molecule has 2 aromatic rings. The fourth-order valence-electron chi connectivity index (χ4n) is 2.13. The molecule has 6 nitrogen and oxygen atoms in total. The van der Waals surface area contributed by atoms with Crippen molar-refractivity contribution in [2.75, 3.05) is 14.2 Å². The molecule has 0 saturated heterocycles. The van der Waals surface area contributed by atoms with E-state index in [-0.39, 0.29) is 5.69 Å². The van der Waals surface area contributed by atoms with E-state index < -0.39 is 11.6 Å². The van der Waals surface area contributed by atoms with Gasteiger partial charge in [-0.25, -0.2) is 9.18 Å². The highest BCUT2D eigenvalue weighted by atomic mass is 19.1. The van der Waals surface area contributed by atoms with Gasteiger partial charge in [-0.1, -0.05) is 0 Å². The van der Waals surface area contributed by atoms with Gasteiger partial charge >= 0.3 is 5.97 Å². The maximum atomic E-state index is 14.4. The minimum Gasteiger partial charge on any atom is -0.496 e. The second kappa shape index (κ2) is 5.67. The predicted molar refractivity (Wildman–Crippen MR) is 78.2 cm³/mol. The lowest BCUT2D eigenvalue weighted by atomic mass is 9.95. The van der Waals surface area contributed by atoms with Crippen LogP contribution in [0, 0.1) is 0 Å². The van der Waals surface area contributed by atoms with E-state index in [2.05, 4.69) is 10.2 Å². The van der Waals surface area contributed by atoms with Crippen LogP contribution in [0.15, 0.2) is 18.2 Å². The standard InChI is InChI=1S/C15H17FN2O4/c1-15(2,16)9-5-8(12(21-3)7-13(9)22-4)10-6-11(14(19)20)18-17-10/h5-7H,1-4H3,(H,17,18)(H,19,20). The van der Waals surface area contributed by atoms with Crippen LogP contribution in [-0.2, 0) is 5.67 Å². The Balaban J connectivity index is 2.65. The molecule has 7 heteroatoms. The SMILES string of the molecule is COc1cc(OC)c(C(C)(C)F)cc1-c1cc(C(=O)O)[nH]n1. The summed E-state index contributed by atoms with van der Waals surface area (Å²) in [4.78, 5) is 10.9. The molecule has 0 atom stereocenters. The van der Waals surface area contributed by atoms with E-state index in [1.165, 1.54) is 34.1 Å². The summed E-state index contributed by atoms with van der Waals surface area (Å²) in [5.41, 5.74) is -0.548. The Morgan fingerprint density at radius 1 is 1.23 bits per heavy atom. The molecule has 0 spiro atoms. The van der Waals surface area contributed by atoms with E-state index in [0.29, 0.717) is 28.3 Å². The number of hydrogen-bond acceptors (Lipinski definition) is 4. The smallest absolute Gasteiger partial charge is 0.353 e. The van der Waals surface area contributed by atoms with Crippen molar-refractivity contribution in [3.8, 4) is 22.8 Å². The van der Waals surface area contributed by atoms with E-state index in [0.717, 1.165) is 0 Å². The van der Waals surface area contributed by atoms with Gasteiger partial charge in [0.1, 0.15) is 22.9 Å². The quantitative estimate of drug-likeness (QED) is 0.887. The normalized spacial score (nSPS) is 11.3. The van der Waals surface area contributed by atoms with Crippen molar-refractivity contribution in [1.29, 1.82) is 0 Å². The average Bonchev–Trinajstić information content (AvgIpc) is 2.94. The van der Waals surface area contributed by atoms with Crippen molar-refractivity contribution >= 4 is 5.97 Å². The molecule has 0 aliphatic carbocycles. The second-order valence-electron chi connectivity index (χ2n) is 5.20. The number of H-pyrrole nitrogens is 1. The number of carboxylic acid groups (broad SMARTS) is 1. The maximum Gasteiger partial charge on any atom is 0.353 e. The van der Waals surface area contributed by atoms with Crippen LogP contribution in [0.4, 0.5) is 4.39 Å². The number of halogens is 1. The number of aromatic carboxylic acids is 1. The molecule has 2 N–H and O–H groups in total. The first-order valence-electron chi connectivity index (χ1n) is 6.52. The number of aromatic nitrogens is 2. The molecular formula is C15H17FN2O4. The summed E-state index contributed by atoms with van der Waals surface area (Å²) in [7, 11) is 2.91. The van der Waals surface area contributed by atoms with Crippen molar-refractivity contribution < 1.29 is 23.8 Å². The van der Waals surface area contributed by atoms with Crippen LogP contribution in [-0.4, -0.2) is 35.5 Å². The summed E-state index contributed by atoms with van der Waals surface area (Å²) in [6.45, 7) is 2.82. The van der Waals surface area contributed by atoms with Crippen LogP contribution in [0.5, 0.6) is 11.5 Å². The highest BCUT2D eigenvalue weighted by Gasteiger charge is 2.26. The van der Waals surface area contributed by atoms with Crippen LogP contribution >= 0.6 is 0 Å². The van der Waals surface area contributed by atoms with Crippen LogP contribution in [0.25, 0.3) is 11.3 Å². The van der Waals surface area contributed by atoms with Gasteiger partial charge in [-0.05, 0) is 26.0 Å². The molecule has 118 valence electrons. The van der Waals surface area contributed by atoms with Crippen LogP contribution in [0.1, 0.15) is 29.9 Å². The molecule has 0 radical (unpaired) electrons. The number of hydrogen-bond donors (Lipinski definition) is 2. The van der Waals surface area contributed by atoms with Crippen molar-refractivity contribution in [1.82, 2.24) is 10.2 Å². The van der Waals surface area contributed by atoms with E-state index in [1.807, 2.05) is 0 Å². The van der Waals surface area contributed by atoms with E-state index in [1.54, 1.807) is 12.1 Å². The first-order chi connectivity index (χ1) is 10.3. The van der Waals surface area contributed by atoms with E-state index in [4.69, 9.17) is 14.6 Å². The van der Waals surface area contributed by atoms with Gasteiger partial charge in [0.2, 0.25) is 0 Å². The van der Waals surface area contributed by atoms with Gasteiger partial charge in [-0.15, -0.1) is 0 Å². The maximum absolute atomic E-state index is 14.4. The van der Waals surface area contributed by atoms with Gasteiger partial charge in [-0.2, -0.15) is 5.10 Å². The number of benzene rings is 1. The van der Waals surface area contributed by atoms with Gasteiger partial charge in [0.15, 0.2) is 0 Å². The van der Waals surface area contributed by atoms with Crippen LogP contribution in [0.3, 0.4) is 0 Å². The van der Waals surface area contributed by atoms with Gasteiger partial charge in [0, 0.05) is 17.2 Å². The molecule has 0 bridgehead atoms. The number of alkyl halides is 1. The highest BCUT2D eigenvalue weighted by Crippen LogP contribution is 2.41. The Morgan fingerprint density at radius 2 is 1.86 bits per heavy atom. The third-order valence-electron chi connectivity index (χ3n) is 3.25. The van der Waals surface area contributed by atoms with E-state index in [9.17, 15) is 9.18 Å². The zero-order valence-electron chi connectivity index (χ0n) is 12.7. The molecule has 1 aromatic heterocycles. The zero-order valence-corrected chi connectivity index (χ0v) is 12.7. The summed E-state index contributed by atoms with van der Waals surface area (Å²) >= 11 is 0. The number of carboxylic acids is 1. The van der Waals surface area contributed by atoms with Crippen LogP contribution in [0.2, 0.25) is 0 Å². The van der Waals surface area contributed by atoms with Crippen molar-refractivity contribution in [2.24, 2.45) is 0 Å². The molecular weight excluding hydrogens is 291 g/mol. The molecule has 1 heterocycles. The highest BCUT2D eigenvalue weighted by molar-refractivity contribution is 5.87. The lowest BCUT2D eigenvalue weighted by Gasteiger charge is -2.20. The fraction of sp³-hybridized carbons (Fsp3) is 0.333. The number of methoxy groups -OCH3 is 2. The minimum absolute atomic E-state index is 0.0612. The molecule has 0 fully saturated rings. The first kappa shape index (κ1) is 15.8. The summed E-state index contributed by atoms with van der Waals surface area (Å²) in [6, 6.07) is 4.47. The fourth-order valence-corrected chi connectivity index (χ4v) is 2.13. The second-order valence-corrected chi connectivity index (χ2v) is 5.20. The third-order valence-corrected chi connectivity index (χ3v) is 3.25. The Kier molecular flexibility index (Phi) is 4.07. The van der Waals surface area contributed by atoms with Gasteiger partial charge < -0.3 is 14.6 Å². The van der Waals surface area contributed by atoms with Gasteiger partial charge in [0.05, 0.1) is 19.9 Å². The largest absolute Gasteiger partial charge is 0.496 e. The lowest BCUT2D eigenvalue weighted by Crippen LogP contribution is -2.11. The molecule has 1 aromatic carbocycles. The van der Waals surface area contributed by atoms with Crippen molar-refractivity contribution in [3.63, 3.8) is 0 Å². The van der Waals surface area contributed by atoms with E-state index >= 15 is 0 Å². The topological polar surface area (TPSA) is 84.4 Å². The molecule has 0 amide bonds. The number of aromatic amines is 1. The molecule has 0 saturated carbocycles. The molecule has 0 aliphatic heterocycles. The van der Waals surface area contributed by atoms with Crippen LogP contribution < -0.4 is 9.47 Å². The lowest BCUT2D eigenvalue weighted by molar-refractivity contribution is 0.0690. The number of ether oxygens (including phenoxy) is 2.